The van der Waals surface area contributed by atoms with E-state index in [4.69, 9.17) is 4.74 Å². The number of nitrogens with zero attached hydrogens (tertiary/aromatic N) is 2. The molecule has 3 amide bonds. The van der Waals surface area contributed by atoms with Crippen molar-refractivity contribution < 1.29 is 19.1 Å². The topological polar surface area (TPSA) is 79.0 Å². The Morgan fingerprint density at radius 2 is 2.15 bits per heavy atom. The summed E-state index contributed by atoms with van der Waals surface area (Å²) in [6.45, 7) is 6.56. The van der Waals surface area contributed by atoms with E-state index >= 15 is 0 Å². The van der Waals surface area contributed by atoms with Gasteiger partial charge in [-0.05, 0) is 5.92 Å². The van der Waals surface area contributed by atoms with Gasteiger partial charge in [0.15, 0.2) is 0 Å². The van der Waals surface area contributed by atoms with Crippen molar-refractivity contribution in [2.45, 2.75) is 38.4 Å². The normalized spacial score (nSPS) is 35.4. The van der Waals surface area contributed by atoms with Crippen LogP contribution >= 0.6 is 0 Å². The van der Waals surface area contributed by atoms with Gasteiger partial charge < -0.3 is 19.9 Å². The highest BCUT2D eigenvalue weighted by molar-refractivity contribution is 5.94. The van der Waals surface area contributed by atoms with Crippen LogP contribution in [0.5, 0.6) is 0 Å². The van der Waals surface area contributed by atoms with Gasteiger partial charge in [0.2, 0.25) is 17.7 Å². The molecule has 7 heteroatoms. The molecule has 0 aromatic rings. The third kappa shape index (κ3) is 2.55. The summed E-state index contributed by atoms with van der Waals surface area (Å²) in [6.07, 6.45) is 5.62. The van der Waals surface area contributed by atoms with E-state index in [9.17, 15) is 14.4 Å². The molecule has 0 aliphatic carbocycles. The second-order valence-corrected chi connectivity index (χ2v) is 7.91. The summed E-state index contributed by atoms with van der Waals surface area (Å²) >= 11 is 0. The lowest BCUT2D eigenvalue weighted by atomic mass is 9.76. The second kappa shape index (κ2) is 6.37. The summed E-state index contributed by atoms with van der Waals surface area (Å²) in [6, 6.07) is 0. The van der Waals surface area contributed by atoms with E-state index in [0.29, 0.717) is 25.6 Å². The van der Waals surface area contributed by atoms with Crippen molar-refractivity contribution >= 4 is 17.7 Å². The number of likely N-dealkylation sites (tertiary alicyclic amines) is 1. The first-order valence-electron chi connectivity index (χ1n) is 9.70. The molecule has 4 atom stereocenters. The van der Waals surface area contributed by atoms with Crippen molar-refractivity contribution in [3.05, 3.63) is 12.2 Å². The third-order valence-corrected chi connectivity index (χ3v) is 6.45. The number of fused-ring (bicyclic) bond motifs is 1. The average molecular weight is 361 g/mol. The minimum Gasteiger partial charge on any atom is -0.360 e. The largest absolute Gasteiger partial charge is 0.360 e. The molecule has 0 saturated carbocycles. The van der Waals surface area contributed by atoms with Gasteiger partial charge in [-0.3, -0.25) is 14.4 Å². The zero-order chi connectivity index (χ0) is 18.5. The van der Waals surface area contributed by atoms with Gasteiger partial charge in [-0.2, -0.15) is 0 Å². The zero-order valence-electron chi connectivity index (χ0n) is 15.4. The molecule has 0 aromatic heterocycles. The molecule has 1 N–H and O–H groups in total. The van der Waals surface area contributed by atoms with Gasteiger partial charge in [0.25, 0.3) is 0 Å². The fraction of sp³-hybridized carbons (Fsp3) is 0.737. The standard InChI is InChI=1S/C19H27N3O4/c1-3-12(4-2)9-22-11-19-6-5-13(26-19)15(16(19)18(22)25)17(24)21-8-7-20-14(23)10-21/h5-6,12-13,15-16H,3-4,7-11H2,1-2H3,(H,20,23)/t13-,15?,16?,19-/m1/s1. The highest BCUT2D eigenvalue weighted by Crippen LogP contribution is 2.52. The van der Waals surface area contributed by atoms with Crippen LogP contribution in [0.15, 0.2) is 12.2 Å². The fourth-order valence-electron chi connectivity index (χ4n) is 4.91. The average Bonchev–Trinajstić information content (AvgIpc) is 3.27. The Morgan fingerprint density at radius 3 is 2.85 bits per heavy atom. The van der Waals surface area contributed by atoms with Crippen molar-refractivity contribution in [3.63, 3.8) is 0 Å². The molecule has 0 aromatic carbocycles. The van der Waals surface area contributed by atoms with Crippen molar-refractivity contribution in [2.75, 3.05) is 32.7 Å². The molecule has 3 saturated heterocycles. The molecular weight excluding hydrogens is 334 g/mol. The van der Waals surface area contributed by atoms with Gasteiger partial charge in [0, 0.05) is 19.6 Å². The van der Waals surface area contributed by atoms with E-state index in [0.717, 1.165) is 19.4 Å². The SMILES string of the molecule is CCC(CC)CN1C[C@@]23C=C[C@@H](O2)C(C(=O)N2CCNC(=O)C2)C3C1=O. The van der Waals surface area contributed by atoms with Gasteiger partial charge in [0.1, 0.15) is 5.60 Å². The van der Waals surface area contributed by atoms with E-state index in [1.807, 2.05) is 17.1 Å². The monoisotopic (exact) mass is 361 g/mol. The Balaban J connectivity index is 1.55. The smallest absolute Gasteiger partial charge is 0.239 e. The van der Waals surface area contributed by atoms with Gasteiger partial charge >= 0.3 is 0 Å². The molecule has 1 spiro atoms. The van der Waals surface area contributed by atoms with Crippen LogP contribution < -0.4 is 5.32 Å². The Morgan fingerprint density at radius 1 is 1.38 bits per heavy atom. The molecule has 2 bridgehead atoms. The molecule has 26 heavy (non-hydrogen) atoms. The lowest BCUT2D eigenvalue weighted by molar-refractivity contribution is -0.146. The number of nitrogens with one attached hydrogen (secondary N) is 1. The van der Waals surface area contributed by atoms with Crippen LogP contribution in [0.25, 0.3) is 0 Å². The van der Waals surface area contributed by atoms with Gasteiger partial charge in [-0.15, -0.1) is 0 Å². The van der Waals surface area contributed by atoms with Crippen LogP contribution in [0, 0.1) is 17.8 Å². The number of hydrogen-bond acceptors (Lipinski definition) is 4. The van der Waals surface area contributed by atoms with E-state index in [1.165, 1.54) is 0 Å². The van der Waals surface area contributed by atoms with Gasteiger partial charge in [-0.25, -0.2) is 0 Å². The summed E-state index contributed by atoms with van der Waals surface area (Å²) in [5.74, 6) is -0.737. The van der Waals surface area contributed by atoms with E-state index < -0.39 is 17.4 Å². The maximum atomic E-state index is 13.2. The molecule has 3 fully saturated rings. The maximum Gasteiger partial charge on any atom is 0.239 e. The predicted octanol–water partition coefficient (Wildman–Crippen LogP) is 0.163. The van der Waals surface area contributed by atoms with Crippen LogP contribution in [0.3, 0.4) is 0 Å². The molecule has 4 aliphatic rings. The van der Waals surface area contributed by atoms with Gasteiger partial charge in [0.05, 0.1) is 31.0 Å². The first-order chi connectivity index (χ1) is 12.5. The van der Waals surface area contributed by atoms with E-state index in [2.05, 4.69) is 19.2 Å². The zero-order valence-corrected chi connectivity index (χ0v) is 15.4. The molecule has 7 nitrogen and oxygen atoms in total. The molecule has 2 unspecified atom stereocenters. The lowest BCUT2D eigenvalue weighted by Gasteiger charge is -2.32. The van der Waals surface area contributed by atoms with Crippen molar-refractivity contribution in [1.82, 2.24) is 15.1 Å². The van der Waals surface area contributed by atoms with Crippen LogP contribution in [-0.2, 0) is 19.1 Å². The highest BCUT2D eigenvalue weighted by atomic mass is 16.5. The first-order valence-corrected chi connectivity index (χ1v) is 9.70. The van der Waals surface area contributed by atoms with Gasteiger partial charge in [-0.1, -0.05) is 38.8 Å². The molecule has 4 rings (SSSR count). The quantitative estimate of drug-likeness (QED) is 0.708. The van der Waals surface area contributed by atoms with Crippen molar-refractivity contribution in [1.29, 1.82) is 0 Å². The summed E-state index contributed by atoms with van der Waals surface area (Å²) in [7, 11) is 0. The van der Waals surface area contributed by atoms with Crippen LogP contribution in [0.4, 0.5) is 0 Å². The highest BCUT2D eigenvalue weighted by Gasteiger charge is 2.67. The van der Waals surface area contributed by atoms with Crippen molar-refractivity contribution in [2.24, 2.45) is 17.8 Å². The molecule has 0 radical (unpaired) electrons. The van der Waals surface area contributed by atoms with Crippen LogP contribution in [0.2, 0.25) is 0 Å². The Bertz CT molecular complexity index is 659. The van der Waals surface area contributed by atoms with Crippen molar-refractivity contribution in [3.8, 4) is 0 Å². The number of rotatable bonds is 5. The number of piperazine rings is 1. The minimum absolute atomic E-state index is 0.0311. The summed E-state index contributed by atoms with van der Waals surface area (Å²) in [4.78, 5) is 41.4. The molecule has 142 valence electrons. The van der Waals surface area contributed by atoms with Crippen LogP contribution in [0.1, 0.15) is 26.7 Å². The number of ether oxygens (including phenoxy) is 1. The number of carbonyl (C=O) groups is 3. The second-order valence-electron chi connectivity index (χ2n) is 7.91. The maximum absolute atomic E-state index is 13.2. The Hall–Kier alpha value is -1.89. The lowest BCUT2D eigenvalue weighted by Crippen LogP contribution is -2.54. The summed E-state index contributed by atoms with van der Waals surface area (Å²) in [5.41, 5.74) is -0.661. The molecule has 4 aliphatic heterocycles. The fourth-order valence-corrected chi connectivity index (χ4v) is 4.91. The van der Waals surface area contributed by atoms with E-state index in [-0.39, 0.29) is 30.4 Å². The predicted molar refractivity (Wildman–Crippen MR) is 94.0 cm³/mol. The Kier molecular flexibility index (Phi) is 4.29. The van der Waals surface area contributed by atoms with Crippen LogP contribution in [-0.4, -0.2) is 72.0 Å². The summed E-state index contributed by atoms with van der Waals surface area (Å²) in [5, 5.41) is 2.73. The third-order valence-electron chi connectivity index (χ3n) is 6.45. The first kappa shape index (κ1) is 17.5. The molecular formula is C19H27N3O4. The summed E-state index contributed by atoms with van der Waals surface area (Å²) < 4.78 is 6.16. The number of carbonyl (C=O) groups excluding carboxylic acids is 3. The number of amides is 3. The Labute approximate surface area is 153 Å². The minimum atomic E-state index is -0.661. The molecule has 4 heterocycles. The number of hydrogen-bond donors (Lipinski definition) is 1. The van der Waals surface area contributed by atoms with E-state index in [1.54, 1.807) is 4.90 Å².